The van der Waals surface area contributed by atoms with Crippen LogP contribution in [-0.2, 0) is 19.1 Å². The van der Waals surface area contributed by atoms with Crippen molar-refractivity contribution in [1.82, 2.24) is 5.32 Å². The number of esters is 1. The molecule has 4 saturated carbocycles. The number of nitrogens with one attached hydrogen (secondary N) is 1. The molecule has 0 aromatic heterocycles. The van der Waals surface area contributed by atoms with E-state index in [9.17, 15) is 14.4 Å². The minimum absolute atomic E-state index is 0.0250. The lowest BCUT2D eigenvalue weighted by Crippen LogP contribution is -2.65. The molecule has 0 aromatic rings. The zero-order chi connectivity index (χ0) is 30.4. The highest BCUT2D eigenvalue weighted by molar-refractivity contribution is 5.89. The van der Waals surface area contributed by atoms with Crippen LogP contribution in [0.3, 0.4) is 0 Å². The van der Waals surface area contributed by atoms with E-state index in [0.717, 1.165) is 57.8 Å². The lowest BCUT2D eigenvalue weighted by molar-refractivity contribution is -0.186. The standard InChI is InChI=1S/C36H57NO4/c1-22(2)28(29(39)41-10)37-30(40)36-19-17-31(3,4)21-24(36)23-11-12-26-33(7)15-14-27(38)32(5,6)25(33)13-16-35(26,9)34(23,8)18-20-36/h11,22,24-26,28H,12-21H2,1-10H3,(H,37,40)/t24?,25?,26?,28?,33-,34+,35+,36-/m0/s1. The molecule has 0 radical (unpaired) electrons. The van der Waals surface area contributed by atoms with E-state index in [1.54, 1.807) is 0 Å². The predicted molar refractivity (Wildman–Crippen MR) is 163 cm³/mol. The highest BCUT2D eigenvalue weighted by atomic mass is 16.5. The lowest BCUT2D eigenvalue weighted by atomic mass is 9.33. The molecule has 230 valence electrons. The largest absolute Gasteiger partial charge is 0.467 e. The average molecular weight is 568 g/mol. The molecular weight excluding hydrogens is 510 g/mol. The summed E-state index contributed by atoms with van der Waals surface area (Å²) in [6.07, 6.45) is 12.4. The summed E-state index contributed by atoms with van der Waals surface area (Å²) in [5.41, 5.74) is 1.27. The molecule has 8 atom stereocenters. The van der Waals surface area contributed by atoms with Gasteiger partial charge in [0.15, 0.2) is 0 Å². The predicted octanol–water partition coefficient (Wildman–Crippen LogP) is 7.67. The zero-order valence-electron chi connectivity index (χ0n) is 27.7. The summed E-state index contributed by atoms with van der Waals surface area (Å²) >= 11 is 0. The molecule has 4 unspecified atom stereocenters. The van der Waals surface area contributed by atoms with E-state index < -0.39 is 11.5 Å². The smallest absolute Gasteiger partial charge is 0.328 e. The SMILES string of the molecule is COC(=O)C(NC(=O)[C@]12CCC(C)(C)CC1C1=CCC3[C@@]4(C)CCC(=O)C(C)(C)C4CC[C@@]3(C)[C@]1(C)CC2)C(C)C. The van der Waals surface area contributed by atoms with E-state index >= 15 is 0 Å². The number of Topliss-reactive ketones (excluding diaryl/α,β-unsaturated/α-hetero) is 1. The second kappa shape index (κ2) is 9.68. The van der Waals surface area contributed by atoms with Gasteiger partial charge in [-0.05, 0) is 103 Å². The Bertz CT molecular complexity index is 1150. The number of methoxy groups -OCH3 is 1. The minimum atomic E-state index is -0.624. The van der Waals surface area contributed by atoms with Crippen LogP contribution in [0.15, 0.2) is 11.6 Å². The summed E-state index contributed by atoms with van der Waals surface area (Å²) in [7, 11) is 1.41. The van der Waals surface area contributed by atoms with Crippen molar-refractivity contribution in [3.63, 3.8) is 0 Å². The van der Waals surface area contributed by atoms with Crippen molar-refractivity contribution in [2.75, 3.05) is 7.11 Å². The van der Waals surface area contributed by atoms with Gasteiger partial charge in [-0.15, -0.1) is 0 Å². The molecule has 5 rings (SSSR count). The summed E-state index contributed by atoms with van der Waals surface area (Å²) in [5, 5.41) is 3.21. The summed E-state index contributed by atoms with van der Waals surface area (Å²) in [6.45, 7) is 20.7. The van der Waals surface area contributed by atoms with Crippen molar-refractivity contribution in [1.29, 1.82) is 0 Å². The van der Waals surface area contributed by atoms with Crippen LogP contribution in [0, 0.1) is 56.2 Å². The molecule has 0 aliphatic heterocycles. The summed E-state index contributed by atoms with van der Waals surface area (Å²) in [5.74, 6) is 1.27. The van der Waals surface area contributed by atoms with Gasteiger partial charge in [0.25, 0.3) is 0 Å². The molecule has 0 aromatic carbocycles. The maximum Gasteiger partial charge on any atom is 0.328 e. The Morgan fingerprint density at radius 1 is 0.927 bits per heavy atom. The molecule has 5 aliphatic rings. The Labute approximate surface area is 249 Å². The summed E-state index contributed by atoms with van der Waals surface area (Å²) in [6, 6.07) is -0.624. The third-order valence-electron chi connectivity index (χ3n) is 14.2. The number of fused-ring (bicyclic) bond motifs is 7. The van der Waals surface area contributed by atoms with Gasteiger partial charge in [0.1, 0.15) is 11.8 Å². The van der Waals surface area contributed by atoms with Crippen molar-refractivity contribution in [2.24, 2.45) is 56.2 Å². The minimum Gasteiger partial charge on any atom is -0.467 e. The molecule has 0 saturated heterocycles. The van der Waals surface area contributed by atoms with Crippen LogP contribution in [0.1, 0.15) is 127 Å². The molecule has 1 N–H and O–H groups in total. The number of ether oxygens (including phenoxy) is 1. The summed E-state index contributed by atoms with van der Waals surface area (Å²) in [4.78, 5) is 40.1. The summed E-state index contributed by atoms with van der Waals surface area (Å²) < 4.78 is 5.09. The lowest BCUT2D eigenvalue weighted by Gasteiger charge is -2.70. The van der Waals surface area contributed by atoms with Gasteiger partial charge in [0, 0.05) is 11.8 Å². The fraction of sp³-hybridized carbons (Fsp3) is 0.861. The second-order valence-corrected chi connectivity index (χ2v) is 17.2. The van der Waals surface area contributed by atoms with Crippen molar-refractivity contribution >= 4 is 17.7 Å². The quantitative estimate of drug-likeness (QED) is 0.279. The van der Waals surface area contributed by atoms with E-state index in [1.165, 1.54) is 12.7 Å². The molecule has 1 amide bonds. The van der Waals surface area contributed by atoms with Crippen LogP contribution >= 0.6 is 0 Å². The Balaban J connectivity index is 1.55. The molecule has 0 heterocycles. The zero-order valence-corrected chi connectivity index (χ0v) is 27.7. The first-order chi connectivity index (χ1) is 18.9. The molecule has 5 nitrogen and oxygen atoms in total. The van der Waals surface area contributed by atoms with Gasteiger partial charge >= 0.3 is 5.97 Å². The number of hydrogen-bond acceptors (Lipinski definition) is 4. The van der Waals surface area contributed by atoms with Crippen molar-refractivity contribution in [2.45, 2.75) is 133 Å². The van der Waals surface area contributed by atoms with Gasteiger partial charge < -0.3 is 10.1 Å². The van der Waals surface area contributed by atoms with Crippen molar-refractivity contribution in [3.8, 4) is 0 Å². The Kier molecular flexibility index (Phi) is 7.27. The van der Waals surface area contributed by atoms with E-state index in [1.807, 2.05) is 13.8 Å². The third kappa shape index (κ3) is 4.24. The molecule has 0 spiro atoms. The third-order valence-corrected chi connectivity index (χ3v) is 14.2. The topological polar surface area (TPSA) is 72.5 Å². The number of rotatable bonds is 4. The van der Waals surface area contributed by atoms with Crippen molar-refractivity contribution < 1.29 is 19.1 Å². The van der Waals surface area contributed by atoms with Crippen LogP contribution in [-0.4, -0.2) is 30.8 Å². The van der Waals surface area contributed by atoms with Gasteiger partial charge in [-0.25, -0.2) is 4.79 Å². The number of carbonyl (C=O) groups excluding carboxylic acids is 3. The molecule has 5 aliphatic carbocycles. The van der Waals surface area contributed by atoms with Gasteiger partial charge in [-0.3, -0.25) is 9.59 Å². The fourth-order valence-corrected chi connectivity index (χ4v) is 11.4. The molecule has 0 bridgehead atoms. The maximum absolute atomic E-state index is 14.4. The Hall–Kier alpha value is -1.65. The van der Waals surface area contributed by atoms with Crippen LogP contribution in [0.4, 0.5) is 0 Å². The highest BCUT2D eigenvalue weighted by Crippen LogP contribution is 2.75. The first kappa shape index (κ1) is 30.8. The first-order valence-corrected chi connectivity index (χ1v) is 16.5. The molecule has 5 heteroatoms. The van der Waals surface area contributed by atoms with E-state index in [-0.39, 0.29) is 50.8 Å². The van der Waals surface area contributed by atoms with E-state index in [4.69, 9.17) is 4.74 Å². The van der Waals surface area contributed by atoms with Crippen LogP contribution in [0.25, 0.3) is 0 Å². The molecule has 4 fully saturated rings. The van der Waals surface area contributed by atoms with Crippen LogP contribution in [0.2, 0.25) is 0 Å². The number of allylic oxidation sites excluding steroid dienone is 2. The number of amides is 1. The number of carbonyl (C=O) groups is 3. The van der Waals surface area contributed by atoms with Crippen LogP contribution in [0.5, 0.6) is 0 Å². The first-order valence-electron chi connectivity index (χ1n) is 16.5. The van der Waals surface area contributed by atoms with Crippen LogP contribution < -0.4 is 5.32 Å². The average Bonchev–Trinajstić information content (AvgIpc) is 2.89. The highest BCUT2D eigenvalue weighted by Gasteiger charge is 2.69. The van der Waals surface area contributed by atoms with Crippen molar-refractivity contribution in [3.05, 3.63) is 11.6 Å². The Morgan fingerprint density at radius 3 is 2.22 bits per heavy atom. The van der Waals surface area contributed by atoms with Gasteiger partial charge in [0.05, 0.1) is 12.5 Å². The number of ketones is 1. The molecule has 41 heavy (non-hydrogen) atoms. The fourth-order valence-electron chi connectivity index (χ4n) is 11.4. The van der Waals surface area contributed by atoms with Gasteiger partial charge in [0.2, 0.25) is 5.91 Å². The normalized spacial score (nSPS) is 43.4. The van der Waals surface area contributed by atoms with Gasteiger partial charge in [-0.1, -0.05) is 74.0 Å². The number of hydrogen-bond donors (Lipinski definition) is 1. The van der Waals surface area contributed by atoms with Gasteiger partial charge in [-0.2, -0.15) is 0 Å². The van der Waals surface area contributed by atoms with E-state index in [2.05, 4.69) is 59.9 Å². The van der Waals surface area contributed by atoms with E-state index in [0.29, 0.717) is 24.0 Å². The monoisotopic (exact) mass is 567 g/mol. The Morgan fingerprint density at radius 2 is 1.59 bits per heavy atom. The maximum atomic E-state index is 14.4. The second-order valence-electron chi connectivity index (χ2n) is 17.2. The molecular formula is C36H57NO4.